The Morgan fingerprint density at radius 1 is 1.27 bits per heavy atom. The topological polar surface area (TPSA) is 76.1 Å². The molecule has 0 radical (unpaired) electrons. The number of carbonyl (C=O) groups is 1. The number of aromatic nitrogens is 2. The van der Waals surface area contributed by atoms with Crippen LogP contribution < -0.4 is 10.6 Å². The highest BCUT2D eigenvalue weighted by Crippen LogP contribution is 2.17. The molecule has 7 heteroatoms. The fourth-order valence-corrected chi connectivity index (χ4v) is 2.02. The molecule has 0 saturated carbocycles. The SMILES string of the molecule is COCCNC(=O)c1cc(C)nc(Nc2ccc(Br)cc2)n1. The molecule has 1 amide bonds. The van der Waals surface area contributed by atoms with Crippen molar-refractivity contribution in [2.45, 2.75) is 6.92 Å². The summed E-state index contributed by atoms with van der Waals surface area (Å²) >= 11 is 3.38. The van der Waals surface area contributed by atoms with E-state index in [1.165, 1.54) is 0 Å². The average molecular weight is 365 g/mol. The van der Waals surface area contributed by atoms with Gasteiger partial charge in [0.05, 0.1) is 6.61 Å². The Kier molecular flexibility index (Phi) is 5.85. The molecule has 6 nitrogen and oxygen atoms in total. The van der Waals surface area contributed by atoms with Gasteiger partial charge in [-0.1, -0.05) is 15.9 Å². The summed E-state index contributed by atoms with van der Waals surface area (Å²) in [6.07, 6.45) is 0. The Labute approximate surface area is 137 Å². The third-order valence-corrected chi connectivity index (χ3v) is 3.31. The summed E-state index contributed by atoms with van der Waals surface area (Å²) in [6.45, 7) is 2.72. The molecule has 2 rings (SSSR count). The van der Waals surface area contributed by atoms with E-state index in [-0.39, 0.29) is 5.91 Å². The lowest BCUT2D eigenvalue weighted by molar-refractivity contribution is 0.0932. The Hall–Kier alpha value is -1.99. The van der Waals surface area contributed by atoms with Crippen molar-refractivity contribution in [3.63, 3.8) is 0 Å². The van der Waals surface area contributed by atoms with Gasteiger partial charge in [0.25, 0.3) is 5.91 Å². The predicted molar refractivity (Wildman–Crippen MR) is 88.4 cm³/mol. The van der Waals surface area contributed by atoms with Gasteiger partial charge >= 0.3 is 0 Å². The Balaban J connectivity index is 2.12. The van der Waals surface area contributed by atoms with Gasteiger partial charge in [-0.15, -0.1) is 0 Å². The number of rotatable bonds is 6. The van der Waals surface area contributed by atoms with E-state index in [1.807, 2.05) is 31.2 Å². The second kappa shape index (κ2) is 7.86. The van der Waals surface area contributed by atoms with Crippen LogP contribution in [-0.4, -0.2) is 36.1 Å². The van der Waals surface area contributed by atoms with E-state index in [1.54, 1.807) is 13.2 Å². The molecule has 0 aliphatic heterocycles. The summed E-state index contributed by atoms with van der Waals surface area (Å²) in [6, 6.07) is 9.27. The molecule has 0 atom stereocenters. The molecule has 0 saturated heterocycles. The van der Waals surface area contributed by atoms with Crippen molar-refractivity contribution < 1.29 is 9.53 Å². The van der Waals surface area contributed by atoms with Crippen LogP contribution in [0, 0.1) is 6.92 Å². The van der Waals surface area contributed by atoms with Crippen LogP contribution in [0.1, 0.15) is 16.2 Å². The van der Waals surface area contributed by atoms with Crippen LogP contribution in [0.5, 0.6) is 0 Å². The Morgan fingerprint density at radius 2 is 2.00 bits per heavy atom. The maximum atomic E-state index is 12.0. The lowest BCUT2D eigenvalue weighted by atomic mass is 10.3. The number of anilines is 2. The number of amides is 1. The zero-order valence-electron chi connectivity index (χ0n) is 12.4. The number of benzene rings is 1. The number of nitrogens with one attached hydrogen (secondary N) is 2. The molecule has 116 valence electrons. The maximum absolute atomic E-state index is 12.0. The number of aryl methyl sites for hydroxylation is 1. The van der Waals surface area contributed by atoms with E-state index in [0.717, 1.165) is 10.2 Å². The monoisotopic (exact) mass is 364 g/mol. The maximum Gasteiger partial charge on any atom is 0.270 e. The minimum Gasteiger partial charge on any atom is -0.383 e. The van der Waals surface area contributed by atoms with Crippen LogP contribution in [0.15, 0.2) is 34.8 Å². The summed E-state index contributed by atoms with van der Waals surface area (Å²) < 4.78 is 5.89. The van der Waals surface area contributed by atoms with Crippen LogP contribution in [0.4, 0.5) is 11.6 Å². The van der Waals surface area contributed by atoms with Crippen molar-refractivity contribution in [3.05, 3.63) is 46.2 Å². The summed E-state index contributed by atoms with van der Waals surface area (Å²) in [5.74, 6) is 0.139. The Morgan fingerprint density at radius 3 is 2.68 bits per heavy atom. The largest absolute Gasteiger partial charge is 0.383 e. The third kappa shape index (κ3) is 4.78. The van der Waals surface area contributed by atoms with Crippen molar-refractivity contribution in [1.82, 2.24) is 15.3 Å². The quantitative estimate of drug-likeness (QED) is 0.770. The van der Waals surface area contributed by atoms with Gasteiger partial charge in [-0.25, -0.2) is 9.97 Å². The van der Waals surface area contributed by atoms with Gasteiger partial charge in [0.1, 0.15) is 5.69 Å². The van der Waals surface area contributed by atoms with E-state index < -0.39 is 0 Å². The first-order valence-electron chi connectivity index (χ1n) is 6.74. The summed E-state index contributed by atoms with van der Waals surface area (Å²) in [7, 11) is 1.58. The molecule has 2 aromatic rings. The van der Waals surface area contributed by atoms with Gasteiger partial charge in [0, 0.05) is 29.5 Å². The van der Waals surface area contributed by atoms with Gasteiger partial charge in [-0.05, 0) is 37.3 Å². The van der Waals surface area contributed by atoms with Gasteiger partial charge in [0.2, 0.25) is 5.95 Å². The van der Waals surface area contributed by atoms with Crippen molar-refractivity contribution in [3.8, 4) is 0 Å². The van der Waals surface area contributed by atoms with Crippen LogP contribution in [-0.2, 0) is 4.74 Å². The molecular formula is C15H17BrN4O2. The molecule has 0 aliphatic carbocycles. The van der Waals surface area contributed by atoms with E-state index in [2.05, 4.69) is 36.5 Å². The van der Waals surface area contributed by atoms with Crippen molar-refractivity contribution >= 4 is 33.5 Å². The highest BCUT2D eigenvalue weighted by Gasteiger charge is 2.10. The molecule has 1 aromatic carbocycles. The first kappa shape index (κ1) is 16.4. The summed E-state index contributed by atoms with van der Waals surface area (Å²) in [5.41, 5.74) is 1.88. The van der Waals surface area contributed by atoms with Crippen LogP contribution in [0.3, 0.4) is 0 Å². The van der Waals surface area contributed by atoms with E-state index >= 15 is 0 Å². The van der Waals surface area contributed by atoms with E-state index in [0.29, 0.717) is 30.5 Å². The first-order chi connectivity index (χ1) is 10.6. The zero-order chi connectivity index (χ0) is 15.9. The zero-order valence-corrected chi connectivity index (χ0v) is 14.0. The standard InChI is InChI=1S/C15H17BrN4O2/c1-10-9-13(14(21)17-7-8-22-2)20-15(18-10)19-12-5-3-11(16)4-6-12/h3-6,9H,7-8H2,1-2H3,(H,17,21)(H,18,19,20). The smallest absolute Gasteiger partial charge is 0.270 e. The summed E-state index contributed by atoms with van der Waals surface area (Å²) in [4.78, 5) is 20.6. The van der Waals surface area contributed by atoms with E-state index in [9.17, 15) is 4.79 Å². The minimum absolute atomic E-state index is 0.249. The summed E-state index contributed by atoms with van der Waals surface area (Å²) in [5, 5.41) is 5.82. The van der Waals surface area contributed by atoms with Crippen LogP contribution in [0.25, 0.3) is 0 Å². The fourth-order valence-electron chi connectivity index (χ4n) is 1.76. The number of hydrogen-bond donors (Lipinski definition) is 2. The van der Waals surface area contributed by atoms with Gasteiger partial charge in [-0.3, -0.25) is 4.79 Å². The molecular weight excluding hydrogens is 348 g/mol. The normalized spacial score (nSPS) is 10.3. The molecule has 0 aliphatic rings. The van der Waals surface area contributed by atoms with Crippen LogP contribution in [0.2, 0.25) is 0 Å². The molecule has 0 spiro atoms. The number of halogens is 1. The fraction of sp³-hybridized carbons (Fsp3) is 0.267. The van der Waals surface area contributed by atoms with Gasteiger partial charge in [0.15, 0.2) is 0 Å². The van der Waals surface area contributed by atoms with Gasteiger partial charge < -0.3 is 15.4 Å². The molecule has 0 bridgehead atoms. The minimum atomic E-state index is -0.249. The molecule has 0 unspecified atom stereocenters. The first-order valence-corrected chi connectivity index (χ1v) is 7.53. The second-order valence-corrected chi connectivity index (χ2v) is 5.51. The molecule has 1 heterocycles. The number of ether oxygens (including phenoxy) is 1. The van der Waals surface area contributed by atoms with Crippen molar-refractivity contribution in [2.24, 2.45) is 0 Å². The highest BCUT2D eigenvalue weighted by atomic mass is 79.9. The highest BCUT2D eigenvalue weighted by molar-refractivity contribution is 9.10. The molecule has 22 heavy (non-hydrogen) atoms. The Bertz CT molecular complexity index is 646. The number of hydrogen-bond acceptors (Lipinski definition) is 5. The van der Waals surface area contributed by atoms with E-state index in [4.69, 9.17) is 4.74 Å². The second-order valence-electron chi connectivity index (χ2n) is 4.60. The lowest BCUT2D eigenvalue weighted by Crippen LogP contribution is -2.28. The predicted octanol–water partition coefficient (Wildman–Crippen LogP) is 2.67. The number of nitrogens with zero attached hydrogens (tertiary/aromatic N) is 2. The van der Waals surface area contributed by atoms with Gasteiger partial charge in [-0.2, -0.15) is 0 Å². The number of methoxy groups -OCH3 is 1. The van der Waals surface area contributed by atoms with Crippen molar-refractivity contribution in [1.29, 1.82) is 0 Å². The molecule has 2 N–H and O–H groups in total. The third-order valence-electron chi connectivity index (χ3n) is 2.78. The average Bonchev–Trinajstić information content (AvgIpc) is 2.49. The van der Waals surface area contributed by atoms with Crippen molar-refractivity contribution in [2.75, 3.05) is 25.6 Å². The lowest BCUT2D eigenvalue weighted by Gasteiger charge is -2.09. The molecule has 0 fully saturated rings. The van der Waals surface area contributed by atoms with Crippen LogP contribution >= 0.6 is 15.9 Å². The molecule has 1 aromatic heterocycles. The number of carbonyl (C=O) groups excluding carboxylic acids is 1.